The Morgan fingerprint density at radius 3 is 2.58 bits per heavy atom. The van der Waals surface area contributed by atoms with E-state index in [1.807, 2.05) is 6.92 Å². The quantitative estimate of drug-likeness (QED) is 0.629. The Morgan fingerprint density at radius 1 is 1.38 bits per heavy atom. The van der Waals surface area contributed by atoms with E-state index in [-0.39, 0.29) is 11.9 Å². The van der Waals surface area contributed by atoms with Crippen LogP contribution in [0.1, 0.15) is 12.6 Å². The van der Waals surface area contributed by atoms with E-state index >= 15 is 0 Å². The van der Waals surface area contributed by atoms with Gasteiger partial charge >= 0.3 is 12.8 Å². The van der Waals surface area contributed by atoms with Crippen molar-refractivity contribution in [3.8, 4) is 17.0 Å². The summed E-state index contributed by atoms with van der Waals surface area (Å²) in [5.41, 5.74) is 1.70. The van der Waals surface area contributed by atoms with Crippen LogP contribution in [0.25, 0.3) is 11.3 Å². The summed E-state index contributed by atoms with van der Waals surface area (Å²) in [6.45, 7) is -0.120. The third-order valence-electron chi connectivity index (χ3n) is 3.22. The van der Waals surface area contributed by atoms with Gasteiger partial charge in [0.25, 0.3) is 0 Å². The lowest BCUT2D eigenvalue weighted by molar-refractivity contribution is -0.191. The maximum Gasteiger partial charge on any atom is 0.387 e. The van der Waals surface area contributed by atoms with Crippen molar-refractivity contribution in [2.24, 2.45) is 0 Å². The first-order chi connectivity index (χ1) is 12.4. The lowest BCUT2D eigenvalue weighted by Gasteiger charge is -2.13. The SMILES string of the molecule is CCc1nn(CCOC)c(-c2ccc(Br)cc2OC(F)F)c1Cl.O=C=O. The number of rotatable bonds is 7. The minimum atomic E-state index is -2.93. The summed E-state index contributed by atoms with van der Waals surface area (Å²) in [7, 11) is 1.58. The molecule has 2 rings (SSSR count). The Labute approximate surface area is 162 Å². The highest BCUT2D eigenvalue weighted by Gasteiger charge is 2.21. The smallest absolute Gasteiger partial charge is 0.387 e. The van der Waals surface area contributed by atoms with Crippen LogP contribution < -0.4 is 4.74 Å². The molecule has 26 heavy (non-hydrogen) atoms. The van der Waals surface area contributed by atoms with Crippen LogP contribution >= 0.6 is 27.5 Å². The second-order valence-corrected chi connectivity index (χ2v) is 6.07. The average molecular weight is 454 g/mol. The minimum Gasteiger partial charge on any atom is -0.434 e. The molecule has 0 aliphatic carbocycles. The fraction of sp³-hybridized carbons (Fsp3) is 0.375. The van der Waals surface area contributed by atoms with Crippen LogP contribution in [0.15, 0.2) is 22.7 Å². The topological polar surface area (TPSA) is 70.4 Å². The molecule has 0 aliphatic heterocycles. The molecule has 1 heterocycles. The zero-order chi connectivity index (χ0) is 19.7. The number of aryl methyl sites for hydroxylation is 1. The zero-order valence-corrected chi connectivity index (χ0v) is 16.3. The van der Waals surface area contributed by atoms with Gasteiger partial charge < -0.3 is 9.47 Å². The van der Waals surface area contributed by atoms with Gasteiger partial charge in [-0.25, -0.2) is 0 Å². The molecule has 2 aromatic rings. The average Bonchev–Trinajstić information content (AvgIpc) is 2.89. The summed E-state index contributed by atoms with van der Waals surface area (Å²) < 4.78 is 37.4. The molecule has 0 bridgehead atoms. The van der Waals surface area contributed by atoms with E-state index in [1.165, 1.54) is 6.07 Å². The van der Waals surface area contributed by atoms with Crippen LogP contribution in [0.2, 0.25) is 5.02 Å². The van der Waals surface area contributed by atoms with Gasteiger partial charge in [0, 0.05) is 17.1 Å². The fourth-order valence-electron chi connectivity index (χ4n) is 2.20. The van der Waals surface area contributed by atoms with Crippen molar-refractivity contribution in [2.75, 3.05) is 13.7 Å². The van der Waals surface area contributed by atoms with Gasteiger partial charge in [0.1, 0.15) is 5.75 Å². The number of alkyl halides is 2. The van der Waals surface area contributed by atoms with Crippen molar-refractivity contribution in [1.82, 2.24) is 9.78 Å². The Hall–Kier alpha value is -1.80. The molecule has 0 radical (unpaired) electrons. The number of methoxy groups -OCH3 is 1. The van der Waals surface area contributed by atoms with E-state index in [2.05, 4.69) is 25.8 Å². The van der Waals surface area contributed by atoms with Gasteiger partial charge in [0.05, 0.1) is 29.6 Å². The second kappa shape index (κ2) is 11.0. The Bertz CT molecular complexity index is 765. The molecule has 1 aromatic heterocycles. The zero-order valence-electron chi connectivity index (χ0n) is 14.0. The summed E-state index contributed by atoms with van der Waals surface area (Å²) in [6, 6.07) is 4.90. The molecule has 6 nitrogen and oxygen atoms in total. The third kappa shape index (κ3) is 5.88. The monoisotopic (exact) mass is 452 g/mol. The first-order valence-electron chi connectivity index (χ1n) is 7.37. The van der Waals surface area contributed by atoms with E-state index in [4.69, 9.17) is 25.9 Å². The highest BCUT2D eigenvalue weighted by atomic mass is 79.9. The summed E-state index contributed by atoms with van der Waals surface area (Å²) >= 11 is 9.67. The molecule has 0 fully saturated rings. The molecule has 0 amide bonds. The molecular weight excluding hydrogens is 438 g/mol. The van der Waals surface area contributed by atoms with Crippen molar-refractivity contribution in [2.45, 2.75) is 26.5 Å². The number of halogens is 4. The summed E-state index contributed by atoms with van der Waals surface area (Å²) in [6.07, 6.45) is 0.882. The molecule has 0 aliphatic rings. The predicted octanol–water partition coefficient (Wildman–Crippen LogP) is 4.19. The van der Waals surface area contributed by atoms with Gasteiger partial charge in [-0.05, 0) is 24.6 Å². The van der Waals surface area contributed by atoms with Crippen molar-refractivity contribution in [3.05, 3.63) is 33.4 Å². The molecule has 0 saturated heterocycles. The van der Waals surface area contributed by atoms with Crippen molar-refractivity contribution < 1.29 is 27.8 Å². The van der Waals surface area contributed by atoms with Crippen LogP contribution in [0, 0.1) is 0 Å². The number of aromatic nitrogens is 2. The highest BCUT2D eigenvalue weighted by molar-refractivity contribution is 9.10. The normalized spacial score (nSPS) is 10.3. The van der Waals surface area contributed by atoms with Crippen molar-refractivity contribution in [1.29, 1.82) is 0 Å². The number of hydrogen-bond donors (Lipinski definition) is 0. The van der Waals surface area contributed by atoms with Crippen LogP contribution in [0.4, 0.5) is 8.78 Å². The summed E-state index contributed by atoms with van der Waals surface area (Å²) in [5.74, 6) is 0.0393. The largest absolute Gasteiger partial charge is 0.434 e. The van der Waals surface area contributed by atoms with Crippen molar-refractivity contribution >= 4 is 33.7 Å². The van der Waals surface area contributed by atoms with Gasteiger partial charge in [0.15, 0.2) is 0 Å². The predicted molar refractivity (Wildman–Crippen MR) is 93.3 cm³/mol. The lowest BCUT2D eigenvalue weighted by atomic mass is 10.1. The van der Waals surface area contributed by atoms with Gasteiger partial charge in [-0.3, -0.25) is 4.68 Å². The third-order valence-corrected chi connectivity index (χ3v) is 4.11. The maximum atomic E-state index is 12.7. The Morgan fingerprint density at radius 2 is 2.04 bits per heavy atom. The van der Waals surface area contributed by atoms with Gasteiger partial charge in [-0.15, -0.1) is 0 Å². The van der Waals surface area contributed by atoms with Crippen LogP contribution in [-0.4, -0.2) is 36.3 Å². The van der Waals surface area contributed by atoms with E-state index in [1.54, 1.807) is 23.9 Å². The molecule has 142 valence electrons. The fourth-order valence-corrected chi connectivity index (χ4v) is 2.91. The number of nitrogens with zero attached hydrogens (tertiary/aromatic N) is 2. The van der Waals surface area contributed by atoms with Gasteiger partial charge in [0.2, 0.25) is 0 Å². The highest BCUT2D eigenvalue weighted by Crippen LogP contribution is 2.39. The molecule has 10 heteroatoms. The van der Waals surface area contributed by atoms with Crippen molar-refractivity contribution in [3.63, 3.8) is 0 Å². The van der Waals surface area contributed by atoms with E-state index in [0.717, 1.165) is 0 Å². The first kappa shape index (κ1) is 22.2. The Balaban J connectivity index is 0.00000105. The molecule has 0 N–H and O–H groups in total. The Kier molecular flexibility index (Phi) is 9.43. The first-order valence-corrected chi connectivity index (χ1v) is 8.54. The molecule has 1 aromatic carbocycles. The second-order valence-electron chi connectivity index (χ2n) is 4.78. The van der Waals surface area contributed by atoms with Crippen LogP contribution in [0.3, 0.4) is 0 Å². The van der Waals surface area contributed by atoms with Crippen LogP contribution in [-0.2, 0) is 27.3 Å². The number of carbonyl (C=O) groups excluding carboxylic acids is 2. The van der Waals surface area contributed by atoms with Gasteiger partial charge in [-0.2, -0.15) is 23.5 Å². The molecule has 0 spiro atoms. The molecule has 0 saturated carbocycles. The van der Waals surface area contributed by atoms with Gasteiger partial charge in [-0.1, -0.05) is 34.5 Å². The molecule has 0 atom stereocenters. The summed E-state index contributed by atoms with van der Waals surface area (Å²) in [5, 5.41) is 4.87. The lowest BCUT2D eigenvalue weighted by Crippen LogP contribution is -2.09. The number of benzene rings is 1. The minimum absolute atomic E-state index is 0.0393. The number of hydrogen-bond acceptors (Lipinski definition) is 5. The summed E-state index contributed by atoms with van der Waals surface area (Å²) in [4.78, 5) is 16.2. The maximum absolute atomic E-state index is 12.7. The van der Waals surface area contributed by atoms with E-state index in [0.29, 0.717) is 46.0 Å². The molecule has 0 unspecified atom stereocenters. The number of ether oxygens (including phenoxy) is 2. The van der Waals surface area contributed by atoms with E-state index in [9.17, 15) is 8.78 Å². The molecular formula is C16H16BrClF2N2O4. The standard InChI is InChI=1S/C15H16BrClF2N2O2.CO2/c1-3-11-13(17)14(21(20-11)6-7-22-2)10-5-4-9(16)8-12(10)23-15(18)19;2-1-3/h4-5,8,15H,3,6-7H2,1-2H3;. The van der Waals surface area contributed by atoms with E-state index < -0.39 is 6.61 Å². The van der Waals surface area contributed by atoms with Crippen LogP contribution in [0.5, 0.6) is 5.75 Å².